The van der Waals surface area contributed by atoms with E-state index in [1.54, 1.807) is 0 Å². The number of H-pyrrole nitrogens is 1. The van der Waals surface area contributed by atoms with Gasteiger partial charge in [-0.2, -0.15) is 4.98 Å². The Labute approximate surface area is 302 Å². The van der Waals surface area contributed by atoms with Crippen molar-refractivity contribution in [3.63, 3.8) is 0 Å². The SMILES string of the molecule is CCC(C)(CC)NS[P@@]1(=O)OC[C@H]2O[C@@H](n3cnc4c(=O)[nH]c(N)nc43)[C@H](F)[C@@H]2O[P@@](=O)(S)OC[C@H]2O[C@@H](n3cnc4c(N)ncnc43)[C@H](O1)[C@@H]2F. The Balaban J connectivity index is 1.26. The Hall–Kier alpha value is -2.76. The van der Waals surface area contributed by atoms with Crippen molar-refractivity contribution >= 4 is 71.5 Å². The van der Waals surface area contributed by atoms with E-state index in [0.717, 1.165) is 10.9 Å². The minimum absolute atomic E-state index is 0.0451. The number of hydrogen-bond donors (Lipinski definition) is 5. The number of alkyl halides is 2. The molecule has 0 radical (unpaired) electrons. The predicted octanol–water partition coefficient (Wildman–Crippen LogP) is 3.37. The standard InChI is InChI=1S/C26H35F2N11O9P2S2/c1-4-26(3,5-2)37-52-50(42)44-7-12-17(14(28)23(46-12)39-10-34-16-21(39)35-25(30)36-22(16)40)47-49(41,51)43-6-11-13(27)18(48-50)24(45-11)38-9-33-15-19(29)31-8-32-20(15)38/h8-14,17-18,23-24,37H,4-7H2,1-3H3,(H,41,51)(H2,29,31,32)(H3,30,35,36,40)/t11-,12-,13-,14-,17-,18-,23-,24-,49+,50+/m1/s1. The van der Waals surface area contributed by atoms with Crippen LogP contribution >= 0.6 is 37.4 Å². The minimum Gasteiger partial charge on any atom is -0.382 e. The minimum atomic E-state index is -4.51. The van der Waals surface area contributed by atoms with Gasteiger partial charge < -0.3 is 20.9 Å². The Morgan fingerprint density at radius 2 is 1.63 bits per heavy atom. The van der Waals surface area contributed by atoms with Crippen molar-refractivity contribution in [2.75, 3.05) is 24.7 Å². The summed E-state index contributed by atoms with van der Waals surface area (Å²) in [7, 11) is 0. The number of hydrogen-bond acceptors (Lipinski definition) is 18. The van der Waals surface area contributed by atoms with Gasteiger partial charge in [0.1, 0.15) is 36.3 Å². The summed E-state index contributed by atoms with van der Waals surface area (Å²) in [5.41, 5.74) is 10.5. The average molecular weight is 810 g/mol. The van der Waals surface area contributed by atoms with Gasteiger partial charge in [-0.1, -0.05) is 26.1 Å². The van der Waals surface area contributed by atoms with Crippen LogP contribution in [-0.4, -0.2) is 94.5 Å². The van der Waals surface area contributed by atoms with E-state index in [9.17, 15) is 13.9 Å². The number of thiol groups is 1. The zero-order chi connectivity index (χ0) is 37.2. The number of nitrogens with one attached hydrogen (secondary N) is 2. The molecule has 284 valence electrons. The molecule has 0 spiro atoms. The molecule has 0 unspecified atom stereocenters. The van der Waals surface area contributed by atoms with Gasteiger partial charge >= 0.3 is 13.6 Å². The van der Waals surface area contributed by atoms with Gasteiger partial charge in [0.05, 0.1) is 25.9 Å². The summed E-state index contributed by atoms with van der Waals surface area (Å²) in [5, 5.41) is 0. The summed E-state index contributed by atoms with van der Waals surface area (Å²) in [6, 6.07) is 0. The van der Waals surface area contributed by atoms with Gasteiger partial charge in [-0.25, -0.2) is 42.6 Å². The van der Waals surface area contributed by atoms with Crippen LogP contribution < -0.4 is 21.7 Å². The van der Waals surface area contributed by atoms with Crippen molar-refractivity contribution in [2.24, 2.45) is 0 Å². The van der Waals surface area contributed by atoms with Gasteiger partial charge in [-0.15, -0.1) is 0 Å². The van der Waals surface area contributed by atoms with Gasteiger partial charge in [0, 0.05) is 17.1 Å². The number of nitrogens with two attached hydrogens (primary N) is 2. The van der Waals surface area contributed by atoms with E-state index in [-0.39, 0.29) is 34.1 Å². The number of halogens is 2. The Kier molecular flexibility index (Phi) is 10.2. The van der Waals surface area contributed by atoms with Crippen LogP contribution in [0.2, 0.25) is 0 Å². The monoisotopic (exact) mass is 809 g/mol. The van der Waals surface area contributed by atoms with Crippen molar-refractivity contribution < 1.29 is 45.5 Å². The van der Waals surface area contributed by atoms with Crippen LogP contribution in [0, 0.1) is 0 Å². The first-order valence-corrected chi connectivity index (χ1v) is 21.6. The van der Waals surface area contributed by atoms with E-state index in [2.05, 4.69) is 46.9 Å². The third kappa shape index (κ3) is 6.99. The highest BCUT2D eigenvalue weighted by Crippen LogP contribution is 2.64. The van der Waals surface area contributed by atoms with Crippen LogP contribution in [0.5, 0.6) is 0 Å². The molecular formula is C26H35F2N11O9P2S2. The van der Waals surface area contributed by atoms with E-state index < -0.39 is 87.1 Å². The molecule has 0 amide bonds. The Morgan fingerprint density at radius 1 is 0.962 bits per heavy atom. The maximum Gasteiger partial charge on any atom is 0.404 e. The smallest absolute Gasteiger partial charge is 0.382 e. The molecule has 0 aliphatic carbocycles. The Morgan fingerprint density at radius 3 is 2.37 bits per heavy atom. The third-order valence-electron chi connectivity index (χ3n) is 9.19. The molecular weight excluding hydrogens is 774 g/mol. The number of fused-ring (bicyclic) bond motifs is 5. The molecule has 3 fully saturated rings. The molecule has 6 N–H and O–H groups in total. The molecule has 7 rings (SSSR count). The summed E-state index contributed by atoms with van der Waals surface area (Å²) in [4.78, 5) is 35.1. The van der Waals surface area contributed by atoms with Crippen LogP contribution in [-0.2, 0) is 36.7 Å². The normalized spacial score (nSPS) is 34.6. The molecule has 3 saturated heterocycles. The molecule has 3 aliphatic rings. The quantitative estimate of drug-likeness (QED) is 0.102. The van der Waals surface area contributed by atoms with Crippen molar-refractivity contribution in [3.8, 4) is 0 Å². The number of imidazole rings is 2. The van der Waals surface area contributed by atoms with E-state index in [0.29, 0.717) is 24.4 Å². The molecule has 7 heterocycles. The topological polar surface area (TPSA) is 261 Å². The van der Waals surface area contributed by atoms with E-state index in [1.807, 2.05) is 20.8 Å². The number of aromatic nitrogens is 8. The fourth-order valence-corrected chi connectivity index (χ4v) is 10.7. The zero-order valence-corrected chi connectivity index (χ0v) is 31.1. The maximum atomic E-state index is 16.4. The molecule has 26 heteroatoms. The summed E-state index contributed by atoms with van der Waals surface area (Å²) in [6.45, 7) is -4.73. The number of anilines is 2. The van der Waals surface area contributed by atoms with Gasteiger partial charge in [0.25, 0.3) is 5.56 Å². The third-order valence-corrected chi connectivity index (χ3v) is 14.1. The second-order valence-electron chi connectivity index (χ2n) is 12.5. The van der Waals surface area contributed by atoms with E-state index in [4.69, 9.17) is 39.0 Å². The maximum absolute atomic E-state index is 16.4. The second kappa shape index (κ2) is 14.1. The van der Waals surface area contributed by atoms with Crippen molar-refractivity contribution in [1.82, 2.24) is 43.8 Å². The van der Waals surface area contributed by atoms with Crippen molar-refractivity contribution in [1.29, 1.82) is 0 Å². The largest absolute Gasteiger partial charge is 0.404 e. The zero-order valence-electron chi connectivity index (χ0n) is 27.6. The number of aromatic amines is 1. The van der Waals surface area contributed by atoms with Gasteiger partial charge in [-0.3, -0.25) is 37.0 Å². The molecule has 2 bridgehead atoms. The van der Waals surface area contributed by atoms with Crippen LogP contribution in [0.15, 0.2) is 23.8 Å². The average Bonchev–Trinajstić information content (AvgIpc) is 3.87. The van der Waals surface area contributed by atoms with Gasteiger partial charge in [-0.05, 0) is 19.8 Å². The Bertz CT molecular complexity index is 2130. The van der Waals surface area contributed by atoms with Gasteiger partial charge in [0.15, 0.2) is 47.4 Å². The number of ether oxygens (including phenoxy) is 2. The van der Waals surface area contributed by atoms with E-state index in [1.165, 1.54) is 17.2 Å². The molecule has 4 aromatic rings. The second-order valence-corrected chi connectivity index (χ2v) is 19.0. The molecule has 20 nitrogen and oxygen atoms in total. The lowest BCUT2D eigenvalue weighted by Crippen LogP contribution is -2.37. The molecule has 3 aliphatic heterocycles. The van der Waals surface area contributed by atoms with Crippen LogP contribution in [0.1, 0.15) is 46.1 Å². The summed E-state index contributed by atoms with van der Waals surface area (Å²) in [6.07, 6.45) is -8.76. The number of rotatable bonds is 7. The lowest BCUT2D eigenvalue weighted by Gasteiger charge is -2.31. The predicted molar refractivity (Wildman–Crippen MR) is 185 cm³/mol. The summed E-state index contributed by atoms with van der Waals surface area (Å²) in [5.74, 6) is -0.221. The molecule has 4 aromatic heterocycles. The number of nitrogens with zero attached hydrogens (tertiary/aromatic N) is 7. The molecule has 0 aromatic carbocycles. The summed E-state index contributed by atoms with van der Waals surface area (Å²) < 4.78 is 102. The highest BCUT2D eigenvalue weighted by molar-refractivity contribution is 8.54. The lowest BCUT2D eigenvalue weighted by atomic mass is 9.98. The molecule has 52 heavy (non-hydrogen) atoms. The first-order valence-electron chi connectivity index (χ1n) is 15.9. The van der Waals surface area contributed by atoms with Crippen LogP contribution in [0.3, 0.4) is 0 Å². The summed E-state index contributed by atoms with van der Waals surface area (Å²) >= 11 is 4.63. The first kappa shape index (κ1) is 37.6. The van der Waals surface area contributed by atoms with Crippen molar-refractivity contribution in [2.45, 2.75) is 88.4 Å². The fourth-order valence-electron chi connectivity index (χ4n) is 5.83. The van der Waals surface area contributed by atoms with Gasteiger partial charge in [0.2, 0.25) is 5.95 Å². The molecule has 0 saturated carbocycles. The van der Waals surface area contributed by atoms with Crippen LogP contribution in [0.4, 0.5) is 20.5 Å². The van der Waals surface area contributed by atoms with Crippen molar-refractivity contribution in [3.05, 3.63) is 29.3 Å². The lowest BCUT2D eigenvalue weighted by molar-refractivity contribution is -0.0564. The highest BCUT2D eigenvalue weighted by atomic mass is 32.7. The fraction of sp³-hybridized carbons (Fsp3) is 0.615. The molecule has 10 atom stereocenters. The highest BCUT2D eigenvalue weighted by Gasteiger charge is 2.55. The van der Waals surface area contributed by atoms with E-state index >= 15 is 8.78 Å². The first-order chi connectivity index (χ1) is 24.6. The van der Waals surface area contributed by atoms with Crippen LogP contribution in [0.25, 0.3) is 22.3 Å². The number of nitrogen functional groups attached to an aromatic ring is 2.